The van der Waals surface area contributed by atoms with Crippen molar-refractivity contribution in [2.45, 2.75) is 12.6 Å². The zero-order valence-electron chi connectivity index (χ0n) is 6.91. The van der Waals surface area contributed by atoms with Crippen LogP contribution in [0.25, 0.3) is 10.4 Å². The van der Waals surface area contributed by atoms with Crippen molar-refractivity contribution in [1.82, 2.24) is 10.2 Å². The van der Waals surface area contributed by atoms with Gasteiger partial charge >= 0.3 is 6.18 Å². The lowest BCUT2D eigenvalue weighted by Gasteiger charge is -2.05. The van der Waals surface area contributed by atoms with Crippen molar-refractivity contribution in [3.63, 3.8) is 0 Å². The number of hydrogen-bond acceptors (Lipinski definition) is 2. The highest BCUT2D eigenvalue weighted by Gasteiger charge is 2.35. The smallest absolute Gasteiger partial charge is 0.273 e. The van der Waals surface area contributed by atoms with Gasteiger partial charge in [0.25, 0.3) is 0 Å². The van der Waals surface area contributed by atoms with Gasteiger partial charge in [-0.25, -0.2) is 0 Å². The van der Waals surface area contributed by atoms with Crippen molar-refractivity contribution in [1.29, 1.82) is 0 Å². The van der Waals surface area contributed by atoms with Crippen LogP contribution in [0.4, 0.5) is 13.2 Å². The molecule has 0 aliphatic carbocycles. The first-order valence-corrected chi connectivity index (χ1v) is 3.66. The normalized spacial score (nSPS) is 11.1. The van der Waals surface area contributed by atoms with E-state index < -0.39 is 11.9 Å². The van der Waals surface area contributed by atoms with Crippen LogP contribution in [0.3, 0.4) is 0 Å². The average molecular weight is 205 g/mol. The van der Waals surface area contributed by atoms with Gasteiger partial charge < -0.3 is 0 Å². The van der Waals surface area contributed by atoms with Crippen LogP contribution in [0.1, 0.15) is 11.3 Å². The van der Waals surface area contributed by atoms with Gasteiger partial charge in [0.05, 0.1) is 6.20 Å². The molecule has 0 bridgehead atoms. The Morgan fingerprint density at radius 1 is 1.57 bits per heavy atom. The van der Waals surface area contributed by atoms with Gasteiger partial charge in [0.2, 0.25) is 0 Å². The van der Waals surface area contributed by atoms with Crippen LogP contribution >= 0.6 is 0 Å². The summed E-state index contributed by atoms with van der Waals surface area (Å²) in [6.07, 6.45) is -3.34. The van der Waals surface area contributed by atoms with Crippen molar-refractivity contribution >= 4 is 0 Å². The number of azide groups is 1. The van der Waals surface area contributed by atoms with Gasteiger partial charge in [0.1, 0.15) is 5.69 Å². The number of rotatable bonds is 3. The molecule has 1 heterocycles. The van der Waals surface area contributed by atoms with Gasteiger partial charge in [-0.3, -0.25) is 5.10 Å². The largest absolute Gasteiger partial charge is 0.433 e. The maximum Gasteiger partial charge on any atom is 0.433 e. The molecule has 0 aliphatic heterocycles. The number of aromatic nitrogens is 2. The van der Waals surface area contributed by atoms with Crippen molar-refractivity contribution in [2.24, 2.45) is 5.11 Å². The fraction of sp³-hybridized carbons (Fsp3) is 0.500. The number of hydrogen-bond donors (Lipinski definition) is 1. The molecule has 5 nitrogen and oxygen atoms in total. The summed E-state index contributed by atoms with van der Waals surface area (Å²) in [4.78, 5) is 2.44. The summed E-state index contributed by atoms with van der Waals surface area (Å²) in [6.45, 7) is -0.0148. The minimum Gasteiger partial charge on any atom is -0.273 e. The van der Waals surface area contributed by atoms with Crippen molar-refractivity contribution in [3.8, 4) is 0 Å². The lowest BCUT2D eigenvalue weighted by molar-refractivity contribution is -0.141. The number of alkyl halides is 3. The molecule has 0 fully saturated rings. The molecule has 0 radical (unpaired) electrons. The van der Waals surface area contributed by atoms with Crippen LogP contribution in [-0.2, 0) is 12.6 Å². The number of aromatic amines is 1. The van der Waals surface area contributed by atoms with Gasteiger partial charge in [-0.2, -0.15) is 18.3 Å². The zero-order chi connectivity index (χ0) is 10.6. The topological polar surface area (TPSA) is 77.4 Å². The Bertz CT molecular complexity index is 349. The third-order valence-corrected chi connectivity index (χ3v) is 1.55. The van der Waals surface area contributed by atoms with E-state index in [2.05, 4.69) is 15.1 Å². The monoisotopic (exact) mass is 205 g/mol. The molecule has 0 saturated heterocycles. The van der Waals surface area contributed by atoms with Crippen molar-refractivity contribution in [2.75, 3.05) is 6.54 Å². The van der Waals surface area contributed by atoms with E-state index in [-0.39, 0.29) is 18.5 Å². The summed E-state index contributed by atoms with van der Waals surface area (Å²) < 4.78 is 36.6. The third-order valence-electron chi connectivity index (χ3n) is 1.55. The van der Waals surface area contributed by atoms with E-state index in [1.165, 1.54) is 0 Å². The Balaban J connectivity index is 2.77. The zero-order valence-corrected chi connectivity index (χ0v) is 6.91. The van der Waals surface area contributed by atoms with Gasteiger partial charge in [-0.15, -0.1) is 0 Å². The van der Waals surface area contributed by atoms with E-state index >= 15 is 0 Å². The molecule has 8 heteroatoms. The molecule has 1 aromatic rings. The van der Waals surface area contributed by atoms with Gasteiger partial charge in [0.15, 0.2) is 0 Å². The number of halogens is 3. The van der Waals surface area contributed by atoms with E-state index in [0.717, 1.165) is 6.20 Å². The maximum atomic E-state index is 12.2. The third kappa shape index (κ3) is 2.40. The predicted octanol–water partition coefficient (Wildman–Crippen LogP) is 2.28. The molecule has 1 rings (SSSR count). The first-order chi connectivity index (χ1) is 6.55. The highest BCUT2D eigenvalue weighted by Crippen LogP contribution is 2.30. The number of nitrogens with one attached hydrogen (secondary N) is 1. The minimum absolute atomic E-state index is 0.00454. The fourth-order valence-electron chi connectivity index (χ4n) is 0.961. The molecule has 0 atom stereocenters. The Hall–Kier alpha value is -1.69. The quantitative estimate of drug-likeness (QED) is 0.458. The lowest BCUT2D eigenvalue weighted by atomic mass is 10.2. The van der Waals surface area contributed by atoms with E-state index in [1.807, 2.05) is 5.10 Å². The highest BCUT2D eigenvalue weighted by atomic mass is 19.4. The van der Waals surface area contributed by atoms with Crippen LogP contribution < -0.4 is 0 Å². The van der Waals surface area contributed by atoms with Gasteiger partial charge in [-0.05, 0) is 12.0 Å². The second kappa shape index (κ2) is 4.01. The molecule has 0 aromatic carbocycles. The van der Waals surface area contributed by atoms with E-state index in [0.29, 0.717) is 0 Å². The molecule has 0 unspecified atom stereocenters. The molecule has 76 valence electrons. The Labute approximate surface area is 76.6 Å². The molecule has 1 aromatic heterocycles. The second-order valence-electron chi connectivity index (χ2n) is 2.47. The van der Waals surface area contributed by atoms with E-state index in [4.69, 9.17) is 5.53 Å². The summed E-state index contributed by atoms with van der Waals surface area (Å²) in [6, 6.07) is 0. The Morgan fingerprint density at radius 2 is 2.29 bits per heavy atom. The van der Waals surface area contributed by atoms with Gasteiger partial charge in [0, 0.05) is 17.0 Å². The molecular formula is C6H6F3N5. The Morgan fingerprint density at radius 3 is 2.86 bits per heavy atom. The standard InChI is InChI=1S/C6H6F3N5/c7-6(8,9)5-4(3-12-13-5)1-2-11-14-10/h3H,1-2H2,(H,12,13). The van der Waals surface area contributed by atoms with Gasteiger partial charge in [-0.1, -0.05) is 5.11 Å². The fourth-order valence-corrected chi connectivity index (χ4v) is 0.961. The Kier molecular flexibility index (Phi) is 2.98. The minimum atomic E-state index is -4.44. The molecule has 0 aliphatic rings. The summed E-state index contributed by atoms with van der Waals surface area (Å²) in [5.74, 6) is 0. The van der Waals surface area contributed by atoms with Crippen LogP contribution in [0.2, 0.25) is 0 Å². The summed E-state index contributed by atoms with van der Waals surface area (Å²) in [7, 11) is 0. The molecule has 0 saturated carbocycles. The summed E-state index contributed by atoms with van der Waals surface area (Å²) in [5.41, 5.74) is 7.06. The molecule has 0 amide bonds. The summed E-state index contributed by atoms with van der Waals surface area (Å²) >= 11 is 0. The molecule has 1 N–H and O–H groups in total. The lowest BCUT2D eigenvalue weighted by Crippen LogP contribution is -2.09. The first-order valence-electron chi connectivity index (χ1n) is 3.66. The first kappa shape index (κ1) is 10.4. The van der Waals surface area contributed by atoms with Crippen LogP contribution in [0.15, 0.2) is 11.3 Å². The second-order valence-corrected chi connectivity index (χ2v) is 2.47. The summed E-state index contributed by atoms with van der Waals surface area (Å²) in [5, 5.41) is 8.29. The van der Waals surface area contributed by atoms with E-state index in [9.17, 15) is 13.2 Å². The van der Waals surface area contributed by atoms with E-state index in [1.54, 1.807) is 0 Å². The molecule has 14 heavy (non-hydrogen) atoms. The van der Waals surface area contributed by atoms with Crippen LogP contribution in [0, 0.1) is 0 Å². The number of H-pyrrole nitrogens is 1. The number of nitrogens with zero attached hydrogens (tertiary/aromatic N) is 4. The maximum absolute atomic E-state index is 12.2. The van der Waals surface area contributed by atoms with Crippen LogP contribution in [-0.4, -0.2) is 16.7 Å². The van der Waals surface area contributed by atoms with Crippen molar-refractivity contribution in [3.05, 3.63) is 27.9 Å². The average Bonchev–Trinajstić information content (AvgIpc) is 2.52. The SMILES string of the molecule is [N-]=[N+]=NCCc1cn[nH]c1C(F)(F)F. The highest BCUT2D eigenvalue weighted by molar-refractivity contribution is 5.19. The van der Waals surface area contributed by atoms with Crippen LogP contribution in [0.5, 0.6) is 0 Å². The molecular weight excluding hydrogens is 199 g/mol. The molecule has 0 spiro atoms. The predicted molar refractivity (Wildman–Crippen MR) is 41.3 cm³/mol. The van der Waals surface area contributed by atoms with Crippen molar-refractivity contribution < 1.29 is 13.2 Å².